The summed E-state index contributed by atoms with van der Waals surface area (Å²) >= 11 is 0. The molecule has 8 rings (SSSR count). The highest BCUT2D eigenvalue weighted by Crippen LogP contribution is 2.45. The van der Waals surface area contributed by atoms with Gasteiger partial charge in [0.2, 0.25) is 0 Å². The minimum Gasteiger partial charge on any atom is -0.354 e. The van der Waals surface area contributed by atoms with Crippen LogP contribution in [0.2, 0.25) is 0 Å². The molecule has 1 N–H and O–H groups in total. The van der Waals surface area contributed by atoms with E-state index in [1.807, 2.05) is 6.07 Å². The van der Waals surface area contributed by atoms with Crippen molar-refractivity contribution in [1.29, 1.82) is 5.26 Å². The van der Waals surface area contributed by atoms with Gasteiger partial charge in [0.25, 0.3) is 0 Å². The first-order valence-electron chi connectivity index (χ1n) is 12.3. The van der Waals surface area contributed by atoms with E-state index in [2.05, 4.69) is 114 Å². The monoisotopic (exact) mass is 456 g/mol. The van der Waals surface area contributed by atoms with Crippen LogP contribution in [0.15, 0.2) is 109 Å². The largest absolute Gasteiger partial charge is 0.354 e. The summed E-state index contributed by atoms with van der Waals surface area (Å²) in [6.45, 7) is 0. The van der Waals surface area contributed by atoms with Crippen molar-refractivity contribution in [3.05, 3.63) is 120 Å². The van der Waals surface area contributed by atoms with Gasteiger partial charge in [-0.05, 0) is 60.3 Å². The van der Waals surface area contributed by atoms with Gasteiger partial charge in [-0.1, -0.05) is 103 Å². The van der Waals surface area contributed by atoms with Crippen LogP contribution in [-0.2, 0) is 0 Å². The van der Waals surface area contributed by atoms with Crippen molar-refractivity contribution in [2.75, 3.05) is 0 Å². The number of benzene rings is 7. The molecule has 0 saturated carbocycles. The Kier molecular flexibility index (Phi) is 3.82. The van der Waals surface area contributed by atoms with Gasteiger partial charge in [-0.2, -0.15) is 5.26 Å². The zero-order chi connectivity index (χ0) is 23.8. The van der Waals surface area contributed by atoms with Gasteiger partial charge in [0, 0.05) is 16.3 Å². The van der Waals surface area contributed by atoms with Crippen LogP contribution in [0.1, 0.15) is 17.0 Å². The molecule has 2 nitrogen and oxygen atoms in total. The number of fused-ring (bicyclic) bond motifs is 5. The second-order valence-electron chi connectivity index (χ2n) is 9.65. The van der Waals surface area contributed by atoms with Crippen LogP contribution in [-0.4, -0.2) is 4.98 Å². The van der Waals surface area contributed by atoms with Crippen molar-refractivity contribution in [3.8, 4) is 6.07 Å². The maximum Gasteiger partial charge on any atom is 0.0989 e. The molecule has 8 aromatic rings. The standard InChI is InChI=1S/C34H20N2/c35-19-29(27-14-6-13-26-22-10-1-2-16-30(22)36-34(26)27)25-18-17-21-9-4-12-24-23-11-3-7-20-8-5-15-28(31(20)23)33(25)32(21)24/h1-18,29,36H. The molecule has 1 heterocycles. The predicted octanol–water partition coefficient (Wildman–Crippen LogP) is 9.03. The molecule has 0 bridgehead atoms. The molecule has 0 aliphatic carbocycles. The second kappa shape index (κ2) is 7.07. The Labute approximate surface area is 207 Å². The Hall–Kier alpha value is -4.87. The molecular weight excluding hydrogens is 436 g/mol. The van der Waals surface area contributed by atoms with Gasteiger partial charge in [-0.3, -0.25) is 0 Å². The summed E-state index contributed by atoms with van der Waals surface area (Å²) in [6.07, 6.45) is 0. The summed E-state index contributed by atoms with van der Waals surface area (Å²) in [5.41, 5.74) is 4.22. The Bertz CT molecular complexity index is 2170. The van der Waals surface area contributed by atoms with E-state index in [1.54, 1.807) is 0 Å². The molecule has 0 aliphatic heterocycles. The molecule has 0 saturated heterocycles. The van der Waals surface area contributed by atoms with Gasteiger partial charge in [0.05, 0.1) is 17.5 Å². The summed E-state index contributed by atoms with van der Waals surface area (Å²) in [6, 6.07) is 41.4. The maximum atomic E-state index is 10.7. The van der Waals surface area contributed by atoms with Gasteiger partial charge < -0.3 is 4.98 Å². The lowest BCUT2D eigenvalue weighted by Crippen LogP contribution is -2.02. The van der Waals surface area contributed by atoms with Crippen molar-refractivity contribution >= 4 is 64.9 Å². The maximum absolute atomic E-state index is 10.7. The first-order valence-corrected chi connectivity index (χ1v) is 12.3. The van der Waals surface area contributed by atoms with E-state index < -0.39 is 5.92 Å². The topological polar surface area (TPSA) is 39.6 Å². The minimum absolute atomic E-state index is 0.408. The molecule has 0 amide bonds. The van der Waals surface area contributed by atoms with Crippen LogP contribution < -0.4 is 0 Å². The zero-order valence-corrected chi connectivity index (χ0v) is 19.4. The Morgan fingerprint density at radius 2 is 1.14 bits per heavy atom. The lowest BCUT2D eigenvalue weighted by Gasteiger charge is -2.20. The molecule has 0 fully saturated rings. The quantitative estimate of drug-likeness (QED) is 0.204. The molecule has 166 valence electrons. The van der Waals surface area contributed by atoms with Crippen LogP contribution >= 0.6 is 0 Å². The van der Waals surface area contributed by atoms with E-state index >= 15 is 0 Å². The van der Waals surface area contributed by atoms with Gasteiger partial charge in [0.15, 0.2) is 0 Å². The molecule has 36 heavy (non-hydrogen) atoms. The number of hydrogen-bond acceptors (Lipinski definition) is 1. The molecule has 0 radical (unpaired) electrons. The van der Waals surface area contributed by atoms with Gasteiger partial charge in [-0.25, -0.2) is 0 Å². The number of aromatic amines is 1. The Morgan fingerprint density at radius 3 is 1.94 bits per heavy atom. The number of nitrogens with zero attached hydrogens (tertiary/aromatic N) is 1. The number of H-pyrrole nitrogens is 1. The van der Waals surface area contributed by atoms with Crippen molar-refractivity contribution in [1.82, 2.24) is 4.98 Å². The predicted molar refractivity (Wildman–Crippen MR) is 151 cm³/mol. The molecule has 0 spiro atoms. The van der Waals surface area contributed by atoms with Crippen molar-refractivity contribution in [2.24, 2.45) is 0 Å². The van der Waals surface area contributed by atoms with Crippen molar-refractivity contribution < 1.29 is 0 Å². The number of hydrogen-bond donors (Lipinski definition) is 1. The van der Waals surface area contributed by atoms with E-state index in [9.17, 15) is 5.26 Å². The summed E-state index contributed by atoms with van der Waals surface area (Å²) in [4.78, 5) is 3.62. The average molecular weight is 457 g/mol. The summed E-state index contributed by atoms with van der Waals surface area (Å²) in [5, 5.41) is 22.9. The molecule has 1 aromatic heterocycles. The normalized spacial score (nSPS) is 12.9. The highest BCUT2D eigenvalue weighted by Gasteiger charge is 2.23. The fourth-order valence-corrected chi connectivity index (χ4v) is 6.37. The summed E-state index contributed by atoms with van der Waals surface area (Å²) in [7, 11) is 0. The second-order valence-corrected chi connectivity index (χ2v) is 9.65. The summed E-state index contributed by atoms with van der Waals surface area (Å²) < 4.78 is 0. The first kappa shape index (κ1) is 19.4. The third-order valence-corrected chi connectivity index (χ3v) is 7.87. The van der Waals surface area contributed by atoms with Crippen LogP contribution in [0.25, 0.3) is 64.9 Å². The molecular formula is C34H20N2. The smallest absolute Gasteiger partial charge is 0.0989 e. The zero-order valence-electron chi connectivity index (χ0n) is 19.4. The fourth-order valence-electron chi connectivity index (χ4n) is 6.37. The number of para-hydroxylation sites is 2. The van der Waals surface area contributed by atoms with Gasteiger partial charge in [-0.15, -0.1) is 0 Å². The van der Waals surface area contributed by atoms with Crippen molar-refractivity contribution in [2.45, 2.75) is 5.92 Å². The van der Waals surface area contributed by atoms with Gasteiger partial charge >= 0.3 is 0 Å². The van der Waals surface area contributed by atoms with Crippen LogP contribution in [0, 0.1) is 11.3 Å². The molecule has 7 aromatic carbocycles. The SMILES string of the molecule is N#CC(c1cccc2c1[nH]c1ccccc12)c1ccc2cccc3c4cccc5cccc(c1c23)c54. The third-order valence-electron chi connectivity index (χ3n) is 7.87. The number of nitriles is 1. The number of rotatable bonds is 2. The summed E-state index contributed by atoms with van der Waals surface area (Å²) in [5.74, 6) is -0.408. The van der Waals surface area contributed by atoms with E-state index in [0.717, 1.165) is 27.5 Å². The lowest BCUT2D eigenvalue weighted by atomic mass is 9.82. The average Bonchev–Trinajstić information content (AvgIpc) is 3.32. The Morgan fingerprint density at radius 1 is 0.500 bits per heavy atom. The third kappa shape index (κ3) is 2.44. The molecule has 0 aliphatic rings. The van der Waals surface area contributed by atoms with Crippen LogP contribution in [0.3, 0.4) is 0 Å². The molecule has 2 heteroatoms. The highest BCUT2D eigenvalue weighted by atomic mass is 14.7. The minimum atomic E-state index is -0.408. The first-order chi connectivity index (χ1) is 17.8. The van der Waals surface area contributed by atoms with Crippen molar-refractivity contribution in [3.63, 3.8) is 0 Å². The molecule has 1 unspecified atom stereocenters. The Balaban J connectivity index is 1.54. The fraction of sp³-hybridized carbons (Fsp3) is 0.0294. The van der Waals surface area contributed by atoms with Crippen LogP contribution in [0.5, 0.6) is 0 Å². The van der Waals surface area contributed by atoms with E-state index in [4.69, 9.17) is 0 Å². The van der Waals surface area contributed by atoms with E-state index in [-0.39, 0.29) is 0 Å². The van der Waals surface area contributed by atoms with E-state index in [0.29, 0.717) is 0 Å². The van der Waals surface area contributed by atoms with Crippen LogP contribution in [0.4, 0.5) is 0 Å². The number of aromatic nitrogens is 1. The lowest BCUT2D eigenvalue weighted by molar-refractivity contribution is 1.06. The molecule has 1 atom stereocenters. The van der Waals surface area contributed by atoms with E-state index in [1.165, 1.54) is 48.5 Å². The van der Waals surface area contributed by atoms with Gasteiger partial charge in [0.1, 0.15) is 0 Å². The highest BCUT2D eigenvalue weighted by molar-refractivity contribution is 6.33. The number of nitrogens with one attached hydrogen (secondary N) is 1.